The molecule has 0 N–H and O–H groups in total. The molecule has 1 amide bonds. The second-order valence-electron chi connectivity index (χ2n) is 6.41. The molecule has 3 rings (SSSR count). The van der Waals surface area contributed by atoms with Crippen LogP contribution in [0.3, 0.4) is 0 Å². The lowest BCUT2D eigenvalue weighted by molar-refractivity contribution is -0.141. The van der Waals surface area contributed by atoms with Crippen LogP contribution in [-0.2, 0) is 16.9 Å². The Bertz CT molecular complexity index is 769. The first-order valence-corrected chi connectivity index (χ1v) is 8.12. The Morgan fingerprint density at radius 3 is 2.80 bits per heavy atom. The number of carbonyl (C=O) groups is 1. The Labute approximate surface area is 145 Å². The first-order chi connectivity index (χ1) is 11.9. The number of likely N-dealkylation sites (N-methyl/N-ethyl adjacent to an activating group) is 1. The van der Waals surface area contributed by atoms with Crippen LogP contribution in [0.25, 0.3) is 0 Å². The predicted octanol–water partition coefficient (Wildman–Crippen LogP) is 2.33. The van der Waals surface area contributed by atoms with Gasteiger partial charge in [-0.25, -0.2) is 8.78 Å². The maximum absolute atomic E-state index is 14.1. The van der Waals surface area contributed by atoms with Crippen molar-refractivity contribution in [2.75, 3.05) is 20.6 Å². The number of halogens is 2. The first-order valence-electron chi connectivity index (χ1n) is 8.12. The van der Waals surface area contributed by atoms with Gasteiger partial charge < -0.3 is 4.90 Å². The summed E-state index contributed by atoms with van der Waals surface area (Å²) in [6.07, 6.45) is 5.97. The third-order valence-electron chi connectivity index (χ3n) is 4.62. The molecule has 132 valence electrons. The summed E-state index contributed by atoms with van der Waals surface area (Å²) in [5, 5.41) is 0. The summed E-state index contributed by atoms with van der Waals surface area (Å²) >= 11 is 0. The lowest BCUT2D eigenvalue weighted by Crippen LogP contribution is -2.52. The maximum Gasteiger partial charge on any atom is 0.248 e. The molecule has 1 aromatic heterocycles. The SMILES string of the molecule is CN(C)C(=O)C1(c2cnccn2)CCCN1Cc1cc(F)ccc1F. The van der Waals surface area contributed by atoms with Gasteiger partial charge in [0.2, 0.25) is 5.91 Å². The second kappa shape index (κ2) is 6.84. The summed E-state index contributed by atoms with van der Waals surface area (Å²) < 4.78 is 27.7. The molecule has 0 spiro atoms. The van der Waals surface area contributed by atoms with Crippen LogP contribution in [0.15, 0.2) is 36.8 Å². The van der Waals surface area contributed by atoms with Crippen LogP contribution in [0, 0.1) is 11.6 Å². The van der Waals surface area contributed by atoms with Crippen LogP contribution < -0.4 is 0 Å². The smallest absolute Gasteiger partial charge is 0.248 e. The molecule has 0 radical (unpaired) electrons. The first kappa shape index (κ1) is 17.4. The minimum Gasteiger partial charge on any atom is -0.347 e. The van der Waals surface area contributed by atoms with E-state index >= 15 is 0 Å². The summed E-state index contributed by atoms with van der Waals surface area (Å²) in [5.41, 5.74) is -0.263. The average Bonchev–Trinajstić information content (AvgIpc) is 3.02. The van der Waals surface area contributed by atoms with Crippen molar-refractivity contribution in [3.8, 4) is 0 Å². The van der Waals surface area contributed by atoms with Gasteiger partial charge in [-0.15, -0.1) is 0 Å². The molecule has 1 aliphatic rings. The molecule has 1 atom stereocenters. The minimum absolute atomic E-state index is 0.125. The zero-order valence-electron chi connectivity index (χ0n) is 14.2. The molecule has 7 heteroatoms. The number of aromatic nitrogens is 2. The third-order valence-corrected chi connectivity index (χ3v) is 4.62. The number of hydrogen-bond acceptors (Lipinski definition) is 4. The molecule has 1 saturated heterocycles. The fourth-order valence-electron chi connectivity index (χ4n) is 3.48. The van der Waals surface area contributed by atoms with Gasteiger partial charge in [-0.05, 0) is 37.6 Å². The molecule has 2 heterocycles. The number of amides is 1. The van der Waals surface area contributed by atoms with Crippen molar-refractivity contribution in [1.82, 2.24) is 19.8 Å². The van der Waals surface area contributed by atoms with E-state index in [1.807, 2.05) is 4.90 Å². The molecule has 1 aromatic carbocycles. The van der Waals surface area contributed by atoms with Crippen LogP contribution in [0.4, 0.5) is 8.78 Å². The van der Waals surface area contributed by atoms with Gasteiger partial charge in [0.05, 0.1) is 11.9 Å². The molecule has 5 nitrogen and oxygen atoms in total. The summed E-state index contributed by atoms with van der Waals surface area (Å²) in [6, 6.07) is 3.37. The fourth-order valence-corrected chi connectivity index (χ4v) is 3.48. The third kappa shape index (κ3) is 3.11. The fraction of sp³-hybridized carbons (Fsp3) is 0.389. The Morgan fingerprint density at radius 2 is 2.12 bits per heavy atom. The zero-order valence-corrected chi connectivity index (χ0v) is 14.2. The summed E-state index contributed by atoms with van der Waals surface area (Å²) in [5.74, 6) is -1.12. The number of carbonyl (C=O) groups excluding carboxylic acids is 1. The van der Waals surface area contributed by atoms with Gasteiger partial charge in [0, 0.05) is 38.6 Å². The van der Waals surface area contributed by atoms with E-state index in [1.165, 1.54) is 11.0 Å². The molecule has 0 aliphatic carbocycles. The quantitative estimate of drug-likeness (QED) is 0.853. The minimum atomic E-state index is -1.02. The van der Waals surface area contributed by atoms with Crippen molar-refractivity contribution in [2.24, 2.45) is 0 Å². The monoisotopic (exact) mass is 346 g/mol. The molecular weight excluding hydrogens is 326 g/mol. The van der Waals surface area contributed by atoms with Crippen LogP contribution >= 0.6 is 0 Å². The normalized spacial score (nSPS) is 20.6. The van der Waals surface area contributed by atoms with E-state index in [1.54, 1.807) is 32.7 Å². The van der Waals surface area contributed by atoms with Gasteiger partial charge in [-0.3, -0.25) is 19.7 Å². The molecule has 1 fully saturated rings. The van der Waals surface area contributed by atoms with Crippen molar-refractivity contribution in [3.63, 3.8) is 0 Å². The zero-order chi connectivity index (χ0) is 18.0. The van der Waals surface area contributed by atoms with E-state index in [0.717, 1.165) is 18.6 Å². The van der Waals surface area contributed by atoms with Gasteiger partial charge in [0.1, 0.15) is 17.2 Å². The van der Waals surface area contributed by atoms with Gasteiger partial charge in [-0.2, -0.15) is 0 Å². The molecule has 1 unspecified atom stereocenters. The van der Waals surface area contributed by atoms with Crippen LogP contribution in [0.1, 0.15) is 24.1 Å². The van der Waals surface area contributed by atoms with Crippen LogP contribution in [0.2, 0.25) is 0 Å². The lowest BCUT2D eigenvalue weighted by Gasteiger charge is -2.38. The van der Waals surface area contributed by atoms with Gasteiger partial charge >= 0.3 is 0 Å². The van der Waals surface area contributed by atoms with E-state index in [0.29, 0.717) is 18.7 Å². The van der Waals surface area contributed by atoms with Crippen molar-refractivity contribution in [2.45, 2.75) is 24.9 Å². The van der Waals surface area contributed by atoms with Gasteiger partial charge in [-0.1, -0.05) is 0 Å². The van der Waals surface area contributed by atoms with Crippen molar-refractivity contribution >= 4 is 5.91 Å². The largest absolute Gasteiger partial charge is 0.347 e. The Kier molecular flexibility index (Phi) is 4.76. The van der Waals surface area contributed by atoms with E-state index in [4.69, 9.17) is 0 Å². The predicted molar refractivity (Wildman–Crippen MR) is 88.4 cm³/mol. The average molecular weight is 346 g/mol. The van der Waals surface area contributed by atoms with Crippen molar-refractivity contribution < 1.29 is 13.6 Å². The maximum atomic E-state index is 14.1. The van der Waals surface area contributed by atoms with Crippen LogP contribution in [-0.4, -0.2) is 46.3 Å². The topological polar surface area (TPSA) is 49.3 Å². The van der Waals surface area contributed by atoms with Crippen LogP contribution in [0.5, 0.6) is 0 Å². The molecule has 25 heavy (non-hydrogen) atoms. The van der Waals surface area contributed by atoms with E-state index < -0.39 is 17.2 Å². The molecule has 0 saturated carbocycles. The lowest BCUT2D eigenvalue weighted by atomic mass is 9.90. The Balaban J connectivity index is 2.04. The Hall–Kier alpha value is -2.41. The molecule has 1 aliphatic heterocycles. The van der Waals surface area contributed by atoms with Crippen molar-refractivity contribution in [3.05, 3.63) is 59.7 Å². The Morgan fingerprint density at radius 1 is 1.32 bits per heavy atom. The molecular formula is C18H20F2N4O. The number of nitrogens with zero attached hydrogens (tertiary/aromatic N) is 4. The second-order valence-corrected chi connectivity index (χ2v) is 6.41. The van der Waals surface area contributed by atoms with Crippen molar-refractivity contribution in [1.29, 1.82) is 0 Å². The standard InChI is InChI=1S/C18H20F2N4O/c1-23(2)17(25)18(16-11-21-7-8-22-16)6-3-9-24(18)12-13-10-14(19)4-5-15(13)20/h4-5,7-8,10-11H,3,6,9,12H2,1-2H3. The number of benzene rings is 1. The highest BCUT2D eigenvalue weighted by Crippen LogP contribution is 2.40. The highest BCUT2D eigenvalue weighted by molar-refractivity contribution is 5.87. The highest BCUT2D eigenvalue weighted by atomic mass is 19.1. The van der Waals surface area contributed by atoms with E-state index in [2.05, 4.69) is 9.97 Å². The summed E-state index contributed by atoms with van der Waals surface area (Å²) in [6.45, 7) is 0.714. The number of likely N-dealkylation sites (tertiary alicyclic amines) is 1. The summed E-state index contributed by atoms with van der Waals surface area (Å²) in [4.78, 5) is 24.9. The number of rotatable bonds is 4. The van der Waals surface area contributed by atoms with E-state index in [9.17, 15) is 13.6 Å². The number of hydrogen-bond donors (Lipinski definition) is 0. The van der Waals surface area contributed by atoms with Gasteiger partial charge in [0.15, 0.2) is 0 Å². The van der Waals surface area contributed by atoms with Gasteiger partial charge in [0.25, 0.3) is 0 Å². The molecule has 2 aromatic rings. The van der Waals surface area contributed by atoms with E-state index in [-0.39, 0.29) is 18.0 Å². The highest BCUT2D eigenvalue weighted by Gasteiger charge is 2.51. The molecule has 0 bridgehead atoms. The summed E-state index contributed by atoms with van der Waals surface area (Å²) in [7, 11) is 3.36.